The third-order valence-electron chi connectivity index (χ3n) is 1.11. The fourth-order valence-corrected chi connectivity index (χ4v) is 0.512. The molecule has 1 heterocycles. The number of pyridine rings is 1. The molecule has 0 aliphatic rings. The van der Waals surface area contributed by atoms with Gasteiger partial charge < -0.3 is 5.73 Å². The van der Waals surface area contributed by atoms with Gasteiger partial charge in [-0.05, 0) is 12.5 Å². The number of anilines is 1. The lowest BCUT2D eigenvalue weighted by Crippen LogP contribution is -1.92. The predicted molar refractivity (Wildman–Crippen MR) is 44.7 cm³/mol. The van der Waals surface area contributed by atoms with Crippen LogP contribution in [0.5, 0.6) is 0 Å². The van der Waals surface area contributed by atoms with Crippen molar-refractivity contribution in [3.8, 4) is 0 Å². The molecule has 11 heavy (non-hydrogen) atoms. The van der Waals surface area contributed by atoms with Crippen LogP contribution in [0.15, 0.2) is 12.3 Å². The highest BCUT2D eigenvalue weighted by molar-refractivity contribution is 5.43. The molecule has 0 fully saturated rings. The zero-order chi connectivity index (χ0) is 8.85. The van der Waals surface area contributed by atoms with Crippen molar-refractivity contribution in [1.82, 2.24) is 4.98 Å². The van der Waals surface area contributed by atoms with Crippen molar-refractivity contribution in [2.75, 3.05) is 5.73 Å². The topological polar surface area (TPSA) is 38.9 Å². The van der Waals surface area contributed by atoms with Gasteiger partial charge >= 0.3 is 0 Å². The average molecular weight is 156 g/mol. The predicted octanol–water partition coefficient (Wildman–Crippen LogP) is 2.14. The first-order chi connectivity index (χ1) is 5.20. The number of aryl methyl sites for hydroxylation is 1. The molecule has 0 saturated heterocycles. The van der Waals surface area contributed by atoms with Gasteiger partial charge in [0.05, 0.1) is 0 Å². The molecule has 0 atom stereocenters. The standard InChI is InChI=1S/C6H7FN2.C2H6/c1-4-3-9-6(7)2-5(4)8;1-2/h2-3H,1H3,(H2,8,9);1-2H3. The highest BCUT2D eigenvalue weighted by atomic mass is 19.1. The Hall–Kier alpha value is -1.12. The van der Waals surface area contributed by atoms with E-state index < -0.39 is 5.95 Å². The fourth-order valence-electron chi connectivity index (χ4n) is 0.512. The molecule has 3 heteroatoms. The molecule has 2 nitrogen and oxygen atoms in total. The van der Waals surface area contributed by atoms with Crippen LogP contribution >= 0.6 is 0 Å². The van der Waals surface area contributed by atoms with Gasteiger partial charge in [0.2, 0.25) is 5.95 Å². The highest BCUT2D eigenvalue weighted by Crippen LogP contribution is 2.07. The molecule has 0 saturated carbocycles. The maximum absolute atomic E-state index is 12.2. The fraction of sp³-hybridized carbons (Fsp3) is 0.375. The van der Waals surface area contributed by atoms with Gasteiger partial charge in [-0.15, -0.1) is 0 Å². The van der Waals surface area contributed by atoms with Crippen LogP contribution in [0, 0.1) is 12.9 Å². The molecule has 1 rings (SSSR count). The number of nitrogens with zero attached hydrogens (tertiary/aromatic N) is 1. The van der Waals surface area contributed by atoms with Crippen molar-refractivity contribution in [3.05, 3.63) is 23.8 Å². The van der Waals surface area contributed by atoms with Crippen molar-refractivity contribution in [2.24, 2.45) is 0 Å². The molecular weight excluding hydrogens is 143 g/mol. The van der Waals surface area contributed by atoms with E-state index in [1.807, 2.05) is 13.8 Å². The lowest BCUT2D eigenvalue weighted by atomic mass is 10.3. The number of hydrogen-bond acceptors (Lipinski definition) is 2. The zero-order valence-corrected chi connectivity index (χ0v) is 7.06. The summed E-state index contributed by atoms with van der Waals surface area (Å²) < 4.78 is 12.2. The van der Waals surface area contributed by atoms with Crippen LogP contribution in [0.2, 0.25) is 0 Å². The summed E-state index contributed by atoms with van der Waals surface area (Å²) in [6.45, 7) is 5.78. The van der Waals surface area contributed by atoms with E-state index in [-0.39, 0.29) is 0 Å². The van der Waals surface area contributed by atoms with Crippen molar-refractivity contribution in [3.63, 3.8) is 0 Å². The Balaban J connectivity index is 0.000000461. The number of nitrogen functional groups attached to an aromatic ring is 1. The van der Waals surface area contributed by atoms with Crippen LogP contribution in [0.25, 0.3) is 0 Å². The van der Waals surface area contributed by atoms with E-state index in [1.54, 1.807) is 6.92 Å². The Morgan fingerprint density at radius 2 is 2.00 bits per heavy atom. The summed E-state index contributed by atoms with van der Waals surface area (Å²) in [4.78, 5) is 3.39. The third kappa shape index (κ3) is 2.98. The van der Waals surface area contributed by atoms with Crippen LogP contribution in [0.4, 0.5) is 10.1 Å². The summed E-state index contributed by atoms with van der Waals surface area (Å²) in [5.41, 5.74) is 6.59. The van der Waals surface area contributed by atoms with Crippen LogP contribution in [-0.4, -0.2) is 4.98 Å². The molecule has 0 radical (unpaired) electrons. The monoisotopic (exact) mass is 156 g/mol. The Kier molecular flexibility index (Phi) is 4.18. The number of hydrogen-bond donors (Lipinski definition) is 1. The Labute approximate surface area is 66.3 Å². The van der Waals surface area contributed by atoms with Gasteiger partial charge in [-0.25, -0.2) is 4.98 Å². The Morgan fingerprint density at radius 3 is 2.36 bits per heavy atom. The van der Waals surface area contributed by atoms with Crippen molar-refractivity contribution in [1.29, 1.82) is 0 Å². The lowest BCUT2D eigenvalue weighted by Gasteiger charge is -1.95. The maximum Gasteiger partial charge on any atom is 0.214 e. The number of nitrogens with two attached hydrogens (primary N) is 1. The molecule has 0 unspecified atom stereocenters. The van der Waals surface area contributed by atoms with Crippen LogP contribution in [0.3, 0.4) is 0 Å². The summed E-state index contributed by atoms with van der Waals surface area (Å²) >= 11 is 0. The van der Waals surface area contributed by atoms with Gasteiger partial charge in [0, 0.05) is 18.0 Å². The van der Waals surface area contributed by atoms with Crippen LogP contribution in [-0.2, 0) is 0 Å². The van der Waals surface area contributed by atoms with Gasteiger partial charge in [0.1, 0.15) is 0 Å². The Morgan fingerprint density at radius 1 is 1.45 bits per heavy atom. The minimum atomic E-state index is -0.530. The third-order valence-corrected chi connectivity index (χ3v) is 1.11. The molecule has 2 N–H and O–H groups in total. The van der Waals surface area contributed by atoms with Gasteiger partial charge in [-0.1, -0.05) is 13.8 Å². The number of rotatable bonds is 0. The lowest BCUT2D eigenvalue weighted by molar-refractivity contribution is 0.584. The molecule has 0 bridgehead atoms. The molecule has 0 aliphatic carbocycles. The highest BCUT2D eigenvalue weighted by Gasteiger charge is 1.94. The van der Waals surface area contributed by atoms with Crippen molar-refractivity contribution < 1.29 is 4.39 Å². The molecule has 0 aromatic carbocycles. The first-order valence-corrected chi connectivity index (χ1v) is 3.58. The van der Waals surface area contributed by atoms with Gasteiger partial charge in [0.15, 0.2) is 0 Å². The van der Waals surface area contributed by atoms with Crippen LogP contribution in [0.1, 0.15) is 19.4 Å². The molecule has 62 valence electrons. The maximum atomic E-state index is 12.2. The van der Waals surface area contributed by atoms with E-state index in [9.17, 15) is 4.39 Å². The Bertz CT molecular complexity index is 223. The summed E-state index contributed by atoms with van der Waals surface area (Å²) in [6, 6.07) is 1.20. The number of halogens is 1. The minimum Gasteiger partial charge on any atom is -0.398 e. The summed E-state index contributed by atoms with van der Waals surface area (Å²) in [5.74, 6) is -0.530. The summed E-state index contributed by atoms with van der Waals surface area (Å²) in [5, 5.41) is 0. The first kappa shape index (κ1) is 9.88. The molecule has 0 amide bonds. The molecule has 0 spiro atoms. The smallest absolute Gasteiger partial charge is 0.214 e. The second kappa shape index (κ2) is 4.66. The van der Waals surface area contributed by atoms with Crippen LogP contribution < -0.4 is 5.73 Å². The normalized spacial score (nSPS) is 8.36. The van der Waals surface area contributed by atoms with E-state index in [4.69, 9.17) is 5.73 Å². The quantitative estimate of drug-likeness (QED) is 0.584. The summed E-state index contributed by atoms with van der Waals surface area (Å²) in [7, 11) is 0. The molecule has 1 aromatic rings. The minimum absolute atomic E-state index is 0.447. The van der Waals surface area contributed by atoms with Gasteiger partial charge in [-0.3, -0.25) is 0 Å². The molecule has 0 aliphatic heterocycles. The average Bonchev–Trinajstić information content (AvgIpc) is 2.02. The van der Waals surface area contributed by atoms with Gasteiger partial charge in [0.25, 0.3) is 0 Å². The largest absolute Gasteiger partial charge is 0.398 e. The second-order valence-electron chi connectivity index (χ2n) is 1.86. The molecule has 1 aromatic heterocycles. The van der Waals surface area contributed by atoms with Crippen molar-refractivity contribution in [2.45, 2.75) is 20.8 Å². The van der Waals surface area contributed by atoms with E-state index in [2.05, 4.69) is 4.98 Å². The van der Waals surface area contributed by atoms with Crippen molar-refractivity contribution >= 4 is 5.69 Å². The SMILES string of the molecule is CC.Cc1cnc(F)cc1N. The van der Waals surface area contributed by atoms with E-state index in [0.717, 1.165) is 5.56 Å². The van der Waals surface area contributed by atoms with Gasteiger partial charge in [-0.2, -0.15) is 4.39 Å². The zero-order valence-electron chi connectivity index (χ0n) is 7.06. The second-order valence-corrected chi connectivity index (χ2v) is 1.86. The van der Waals surface area contributed by atoms with E-state index >= 15 is 0 Å². The van der Waals surface area contributed by atoms with E-state index in [1.165, 1.54) is 12.3 Å². The van der Waals surface area contributed by atoms with E-state index in [0.29, 0.717) is 5.69 Å². The molecular formula is C8H13FN2. The first-order valence-electron chi connectivity index (χ1n) is 3.58. The number of aromatic nitrogens is 1. The summed E-state index contributed by atoms with van der Waals surface area (Å²) in [6.07, 6.45) is 1.41.